The van der Waals surface area contributed by atoms with E-state index in [-0.39, 0.29) is 18.5 Å². The van der Waals surface area contributed by atoms with Gasteiger partial charge in [-0.15, -0.1) is 0 Å². The number of rotatable bonds is 8. The van der Waals surface area contributed by atoms with Gasteiger partial charge in [0.1, 0.15) is 18.2 Å². The van der Waals surface area contributed by atoms with E-state index in [9.17, 15) is 9.18 Å². The topological polar surface area (TPSA) is 68.8 Å². The molecule has 1 aromatic carbocycles. The summed E-state index contributed by atoms with van der Waals surface area (Å²) in [6.07, 6.45) is -0.763. The van der Waals surface area contributed by atoms with E-state index >= 15 is 0 Å². The number of cyclic esters (lactones) is 1. The molecule has 2 N–H and O–H groups in total. The fourth-order valence-electron chi connectivity index (χ4n) is 1.93. The van der Waals surface area contributed by atoms with Gasteiger partial charge in [0, 0.05) is 25.8 Å². The minimum Gasteiger partial charge on any atom is -0.489 e. The van der Waals surface area contributed by atoms with Crippen LogP contribution in [0.25, 0.3) is 0 Å². The van der Waals surface area contributed by atoms with E-state index in [4.69, 9.17) is 14.2 Å². The second-order valence-corrected chi connectivity index (χ2v) is 4.64. The molecule has 0 aromatic heterocycles. The molecule has 1 fully saturated rings. The van der Waals surface area contributed by atoms with E-state index in [0.717, 1.165) is 0 Å². The van der Waals surface area contributed by atoms with Gasteiger partial charge in [-0.1, -0.05) is 0 Å². The Morgan fingerprint density at radius 2 is 2.38 bits per heavy atom. The molecule has 1 atom stereocenters. The van der Waals surface area contributed by atoms with E-state index in [1.54, 1.807) is 13.2 Å². The minimum absolute atomic E-state index is 0.232. The van der Waals surface area contributed by atoms with Crippen molar-refractivity contribution < 1.29 is 23.4 Å². The Morgan fingerprint density at radius 3 is 3.10 bits per heavy atom. The molecule has 0 radical (unpaired) electrons. The average molecular weight is 298 g/mol. The molecular formula is C14H19FN2O4. The van der Waals surface area contributed by atoms with Crippen LogP contribution < -0.4 is 15.4 Å². The lowest BCUT2D eigenvalue weighted by atomic mass is 10.2. The van der Waals surface area contributed by atoms with Crippen LogP contribution in [-0.4, -0.2) is 45.6 Å². The van der Waals surface area contributed by atoms with E-state index < -0.39 is 6.09 Å². The molecule has 1 unspecified atom stereocenters. The van der Waals surface area contributed by atoms with Gasteiger partial charge in [0.25, 0.3) is 0 Å². The van der Waals surface area contributed by atoms with Crippen molar-refractivity contribution in [2.24, 2.45) is 0 Å². The predicted octanol–water partition coefficient (Wildman–Crippen LogP) is 1.05. The molecule has 1 aromatic rings. The first kappa shape index (κ1) is 15.5. The first-order chi connectivity index (χ1) is 10.2. The Balaban J connectivity index is 1.89. The number of ether oxygens (including phenoxy) is 3. The molecule has 6 nitrogen and oxygen atoms in total. The summed E-state index contributed by atoms with van der Waals surface area (Å²) in [7, 11) is 1.62. The number of benzene rings is 1. The average Bonchev–Trinajstić information content (AvgIpc) is 2.88. The highest BCUT2D eigenvalue weighted by molar-refractivity contribution is 5.69. The third-order valence-electron chi connectivity index (χ3n) is 2.99. The predicted molar refractivity (Wildman–Crippen MR) is 73.7 cm³/mol. The van der Waals surface area contributed by atoms with E-state index in [2.05, 4.69) is 10.6 Å². The van der Waals surface area contributed by atoms with Gasteiger partial charge in [-0.3, -0.25) is 0 Å². The molecule has 1 aliphatic rings. The van der Waals surface area contributed by atoms with Gasteiger partial charge in [0.05, 0.1) is 13.2 Å². The number of halogens is 1. The normalized spacial score (nSPS) is 17.4. The van der Waals surface area contributed by atoms with Crippen LogP contribution in [0.5, 0.6) is 5.75 Å². The van der Waals surface area contributed by atoms with Crippen LogP contribution in [0.4, 0.5) is 9.18 Å². The number of carbonyl (C=O) groups is 1. The maximum Gasteiger partial charge on any atom is 0.407 e. The summed E-state index contributed by atoms with van der Waals surface area (Å²) in [5, 5.41) is 5.69. The molecule has 0 aliphatic carbocycles. The number of nitrogens with one attached hydrogen (secondary N) is 2. The molecule has 0 saturated carbocycles. The van der Waals surface area contributed by atoms with Crippen molar-refractivity contribution in [2.75, 3.05) is 33.4 Å². The fraction of sp³-hybridized carbons (Fsp3) is 0.500. The van der Waals surface area contributed by atoms with Crippen LogP contribution in [0.15, 0.2) is 18.2 Å². The van der Waals surface area contributed by atoms with Crippen molar-refractivity contribution in [2.45, 2.75) is 12.6 Å². The Morgan fingerprint density at radius 1 is 1.52 bits per heavy atom. The van der Waals surface area contributed by atoms with Crippen LogP contribution in [-0.2, 0) is 16.0 Å². The van der Waals surface area contributed by atoms with Crippen LogP contribution in [0, 0.1) is 5.82 Å². The number of amides is 1. The standard InChI is InChI=1S/C14H19FN2O4/c1-19-5-4-16-7-10-6-11(15)2-3-13(10)20-9-12-8-17-14(18)21-12/h2-3,6,12,16H,4-5,7-9H2,1H3,(H,17,18). The zero-order chi connectivity index (χ0) is 15.1. The van der Waals surface area contributed by atoms with Gasteiger partial charge in [-0.2, -0.15) is 0 Å². The maximum absolute atomic E-state index is 13.3. The van der Waals surface area contributed by atoms with Crippen molar-refractivity contribution in [3.63, 3.8) is 0 Å². The Bertz CT molecular complexity index is 484. The highest BCUT2D eigenvalue weighted by Gasteiger charge is 2.23. The number of hydrogen-bond acceptors (Lipinski definition) is 5. The lowest BCUT2D eigenvalue weighted by molar-refractivity contribution is 0.104. The first-order valence-corrected chi connectivity index (χ1v) is 6.74. The summed E-state index contributed by atoms with van der Waals surface area (Å²) in [4.78, 5) is 10.9. The molecule has 21 heavy (non-hydrogen) atoms. The molecule has 7 heteroatoms. The van der Waals surface area contributed by atoms with E-state index in [1.165, 1.54) is 12.1 Å². The fourth-order valence-corrected chi connectivity index (χ4v) is 1.93. The smallest absolute Gasteiger partial charge is 0.407 e. The Hall–Kier alpha value is -1.86. The third kappa shape index (κ3) is 4.87. The van der Waals surface area contributed by atoms with Gasteiger partial charge in [0.15, 0.2) is 6.10 Å². The quantitative estimate of drug-likeness (QED) is 0.702. The molecule has 2 rings (SSSR count). The summed E-state index contributed by atoms with van der Waals surface area (Å²) in [5.74, 6) is 0.254. The monoisotopic (exact) mass is 298 g/mol. The van der Waals surface area contributed by atoms with Crippen LogP contribution in [0.3, 0.4) is 0 Å². The van der Waals surface area contributed by atoms with Gasteiger partial charge in [0.2, 0.25) is 0 Å². The van der Waals surface area contributed by atoms with Crippen LogP contribution >= 0.6 is 0 Å². The largest absolute Gasteiger partial charge is 0.489 e. The van der Waals surface area contributed by atoms with E-state index in [1.807, 2.05) is 0 Å². The minimum atomic E-state index is -0.441. The van der Waals surface area contributed by atoms with Crippen LogP contribution in [0.1, 0.15) is 5.56 Å². The van der Waals surface area contributed by atoms with Gasteiger partial charge in [-0.05, 0) is 18.2 Å². The highest BCUT2D eigenvalue weighted by atomic mass is 19.1. The molecule has 1 saturated heterocycles. The van der Waals surface area contributed by atoms with Gasteiger partial charge >= 0.3 is 6.09 Å². The molecule has 1 aliphatic heterocycles. The first-order valence-electron chi connectivity index (χ1n) is 6.74. The van der Waals surface area contributed by atoms with Crippen molar-refractivity contribution in [3.8, 4) is 5.75 Å². The van der Waals surface area contributed by atoms with Gasteiger partial charge in [-0.25, -0.2) is 9.18 Å². The SMILES string of the molecule is COCCNCc1cc(F)ccc1OCC1CNC(=O)O1. The summed E-state index contributed by atoms with van der Waals surface area (Å²) >= 11 is 0. The zero-order valence-electron chi connectivity index (χ0n) is 11.9. The van der Waals surface area contributed by atoms with Crippen molar-refractivity contribution >= 4 is 6.09 Å². The summed E-state index contributed by atoms with van der Waals surface area (Å²) in [6, 6.07) is 4.34. The zero-order valence-corrected chi connectivity index (χ0v) is 11.9. The number of methoxy groups -OCH3 is 1. The summed E-state index contributed by atoms with van der Waals surface area (Å²) in [5.41, 5.74) is 0.711. The Kier molecular flexibility index (Phi) is 5.77. The van der Waals surface area contributed by atoms with Crippen molar-refractivity contribution in [1.29, 1.82) is 0 Å². The summed E-state index contributed by atoms with van der Waals surface area (Å²) in [6.45, 7) is 2.36. The van der Waals surface area contributed by atoms with Crippen LogP contribution in [0.2, 0.25) is 0 Å². The number of carbonyl (C=O) groups excluding carboxylic acids is 1. The molecule has 0 bridgehead atoms. The van der Waals surface area contributed by atoms with Crippen molar-refractivity contribution in [1.82, 2.24) is 10.6 Å². The lowest BCUT2D eigenvalue weighted by Gasteiger charge is -2.14. The molecule has 1 amide bonds. The second-order valence-electron chi connectivity index (χ2n) is 4.64. The Labute approximate surface area is 122 Å². The third-order valence-corrected chi connectivity index (χ3v) is 2.99. The molecule has 116 valence electrons. The lowest BCUT2D eigenvalue weighted by Crippen LogP contribution is -2.23. The van der Waals surface area contributed by atoms with E-state index in [0.29, 0.717) is 37.6 Å². The highest BCUT2D eigenvalue weighted by Crippen LogP contribution is 2.20. The van der Waals surface area contributed by atoms with Gasteiger partial charge < -0.3 is 24.8 Å². The molecule has 0 spiro atoms. The number of alkyl carbamates (subject to hydrolysis) is 1. The summed E-state index contributed by atoms with van der Waals surface area (Å²) < 4.78 is 28.9. The maximum atomic E-state index is 13.3. The molecule has 1 heterocycles. The number of hydrogen-bond donors (Lipinski definition) is 2. The van der Waals surface area contributed by atoms with Crippen molar-refractivity contribution in [3.05, 3.63) is 29.6 Å². The second kappa shape index (κ2) is 7.80. The molecular weight excluding hydrogens is 279 g/mol.